The molecule has 2 aromatic rings. The largest absolute Gasteiger partial charge is 0.157 e. The Morgan fingerprint density at radius 1 is 0.633 bits per heavy atom. The Kier molecular flexibility index (Phi) is 9.49. The van der Waals surface area contributed by atoms with E-state index < -0.39 is 0 Å². The van der Waals surface area contributed by atoms with Crippen molar-refractivity contribution in [1.82, 2.24) is 0 Å². The van der Waals surface area contributed by atoms with Crippen molar-refractivity contribution in [2.24, 2.45) is 0 Å². The Bertz CT molecular complexity index is 733. The van der Waals surface area contributed by atoms with E-state index in [-0.39, 0.29) is 0 Å². The van der Waals surface area contributed by atoms with Gasteiger partial charge in [0, 0.05) is 31.8 Å². The molecule has 0 radical (unpaired) electrons. The van der Waals surface area contributed by atoms with Crippen molar-refractivity contribution in [3.63, 3.8) is 0 Å². The lowest BCUT2D eigenvalue weighted by Gasteiger charge is -2.28. The Morgan fingerprint density at radius 3 is 1.27 bits per heavy atom. The van der Waals surface area contributed by atoms with E-state index in [4.69, 9.17) is 0 Å². The van der Waals surface area contributed by atoms with Crippen LogP contribution >= 0.6 is 47.0 Å². The molecule has 4 heteroatoms. The summed E-state index contributed by atoms with van der Waals surface area (Å²) >= 11 is 8.59. The lowest BCUT2D eigenvalue weighted by molar-refractivity contribution is 0.870. The van der Waals surface area contributed by atoms with E-state index >= 15 is 0 Å². The van der Waals surface area contributed by atoms with Crippen LogP contribution in [0.15, 0.2) is 34.1 Å². The van der Waals surface area contributed by atoms with Crippen molar-refractivity contribution < 1.29 is 0 Å². The van der Waals surface area contributed by atoms with Crippen molar-refractivity contribution >= 4 is 47.0 Å². The zero-order chi connectivity index (χ0) is 21.7. The monoisotopic (exact) mass is 476 g/mol. The van der Waals surface area contributed by atoms with Gasteiger partial charge >= 0.3 is 0 Å². The lowest BCUT2D eigenvalue weighted by Crippen LogP contribution is -2.22. The maximum absolute atomic E-state index is 2.32. The second-order valence-electron chi connectivity index (χ2n) is 8.64. The zero-order valence-corrected chi connectivity index (χ0v) is 22.6. The summed E-state index contributed by atoms with van der Waals surface area (Å²) in [5.74, 6) is 5.15. The Hall–Kier alpha value is -0.160. The molecule has 3 rings (SSSR count). The summed E-state index contributed by atoms with van der Waals surface area (Å²) in [5.41, 5.74) is 8.54. The fraction of sp³-hybridized carbons (Fsp3) is 0.538. The van der Waals surface area contributed by atoms with Crippen LogP contribution in [0.2, 0.25) is 0 Å². The van der Waals surface area contributed by atoms with Crippen LogP contribution in [0.4, 0.5) is 0 Å². The van der Waals surface area contributed by atoms with Crippen LogP contribution in [-0.2, 0) is 0 Å². The minimum absolute atomic E-state index is 0.832. The normalized spacial score (nSPS) is 19.3. The van der Waals surface area contributed by atoms with Gasteiger partial charge in [-0.05, 0) is 88.1 Å². The molecule has 1 fully saturated rings. The molecular formula is C26H36S4. The molecule has 0 aliphatic carbocycles. The molecule has 0 spiro atoms. The molecule has 2 unspecified atom stereocenters. The Balaban J connectivity index is 1.36. The second kappa shape index (κ2) is 11.6. The van der Waals surface area contributed by atoms with E-state index in [2.05, 4.69) is 113 Å². The van der Waals surface area contributed by atoms with E-state index in [1.54, 1.807) is 0 Å². The van der Waals surface area contributed by atoms with E-state index in [9.17, 15) is 0 Å². The quantitative estimate of drug-likeness (QED) is 0.350. The van der Waals surface area contributed by atoms with Crippen LogP contribution in [0.5, 0.6) is 0 Å². The SMILES string of the molecule is Cc1cc(C)c(SCCC2CSC(CCSc3c(C)cc(C)cc3C)CS2)c(C)c1. The summed E-state index contributed by atoms with van der Waals surface area (Å²) in [6, 6.07) is 9.29. The van der Waals surface area contributed by atoms with Gasteiger partial charge in [-0.15, -0.1) is 23.5 Å². The van der Waals surface area contributed by atoms with Crippen LogP contribution < -0.4 is 0 Å². The number of hydrogen-bond donors (Lipinski definition) is 0. The predicted octanol–water partition coefficient (Wildman–Crippen LogP) is 8.42. The topological polar surface area (TPSA) is 0 Å². The minimum Gasteiger partial charge on any atom is -0.157 e. The van der Waals surface area contributed by atoms with Crippen molar-refractivity contribution in [2.45, 2.75) is 74.7 Å². The molecule has 1 saturated heterocycles. The van der Waals surface area contributed by atoms with E-state index in [1.165, 1.54) is 79.0 Å². The molecule has 2 aromatic carbocycles. The molecule has 0 aromatic heterocycles. The van der Waals surface area contributed by atoms with E-state index in [1.807, 2.05) is 0 Å². The van der Waals surface area contributed by atoms with E-state index in [0.29, 0.717) is 0 Å². The van der Waals surface area contributed by atoms with Gasteiger partial charge in [0.05, 0.1) is 0 Å². The first-order valence-electron chi connectivity index (χ1n) is 11.0. The van der Waals surface area contributed by atoms with Gasteiger partial charge < -0.3 is 0 Å². The van der Waals surface area contributed by atoms with Gasteiger partial charge in [0.2, 0.25) is 0 Å². The molecule has 30 heavy (non-hydrogen) atoms. The Labute approximate surface area is 201 Å². The fourth-order valence-corrected chi connectivity index (χ4v) is 10.1. The number of thioether (sulfide) groups is 4. The molecule has 0 nitrogen and oxygen atoms in total. The maximum Gasteiger partial charge on any atom is 0.0146 e. The van der Waals surface area contributed by atoms with Crippen molar-refractivity contribution in [3.05, 3.63) is 57.6 Å². The molecule has 0 amide bonds. The third-order valence-corrected chi connectivity index (χ3v) is 11.7. The minimum atomic E-state index is 0.832. The number of benzene rings is 2. The first-order chi connectivity index (χ1) is 14.3. The summed E-state index contributed by atoms with van der Waals surface area (Å²) in [6.45, 7) is 13.4. The first kappa shape index (κ1) is 24.5. The van der Waals surface area contributed by atoms with Crippen LogP contribution in [-0.4, -0.2) is 33.5 Å². The molecule has 0 bridgehead atoms. The van der Waals surface area contributed by atoms with E-state index in [0.717, 1.165) is 10.5 Å². The number of rotatable bonds is 8. The van der Waals surface area contributed by atoms with Crippen molar-refractivity contribution in [1.29, 1.82) is 0 Å². The Morgan fingerprint density at radius 2 is 0.967 bits per heavy atom. The van der Waals surface area contributed by atoms with Crippen LogP contribution in [0, 0.1) is 41.5 Å². The molecule has 1 aliphatic rings. The van der Waals surface area contributed by atoms with Crippen molar-refractivity contribution in [2.75, 3.05) is 23.0 Å². The first-order valence-corrected chi connectivity index (χ1v) is 15.0. The lowest BCUT2D eigenvalue weighted by atomic mass is 10.1. The third kappa shape index (κ3) is 6.92. The highest BCUT2D eigenvalue weighted by atomic mass is 32.2. The molecule has 2 atom stereocenters. The van der Waals surface area contributed by atoms with Gasteiger partial charge in [-0.25, -0.2) is 0 Å². The molecule has 0 N–H and O–H groups in total. The molecule has 0 saturated carbocycles. The number of aryl methyl sites for hydroxylation is 6. The third-order valence-electron chi connectivity index (χ3n) is 5.62. The summed E-state index contributed by atoms with van der Waals surface area (Å²) in [5, 5.41) is 1.66. The van der Waals surface area contributed by atoms with Gasteiger partial charge in [0.25, 0.3) is 0 Å². The summed E-state index contributed by atoms with van der Waals surface area (Å²) < 4.78 is 0. The highest BCUT2D eigenvalue weighted by Crippen LogP contribution is 2.37. The van der Waals surface area contributed by atoms with Gasteiger partial charge in [-0.3, -0.25) is 0 Å². The number of hydrogen-bond acceptors (Lipinski definition) is 4. The van der Waals surface area contributed by atoms with Crippen molar-refractivity contribution in [3.8, 4) is 0 Å². The summed E-state index contributed by atoms with van der Waals surface area (Å²) in [4.78, 5) is 3.01. The molecular weight excluding hydrogens is 441 g/mol. The maximum atomic E-state index is 2.32. The smallest absolute Gasteiger partial charge is 0.0146 e. The zero-order valence-electron chi connectivity index (χ0n) is 19.3. The van der Waals surface area contributed by atoms with Crippen LogP contribution in [0.1, 0.15) is 46.2 Å². The highest BCUT2D eigenvalue weighted by molar-refractivity contribution is 8.07. The average Bonchev–Trinajstić information content (AvgIpc) is 2.67. The van der Waals surface area contributed by atoms with Gasteiger partial charge in [-0.2, -0.15) is 23.5 Å². The molecule has 1 aliphatic heterocycles. The highest BCUT2D eigenvalue weighted by Gasteiger charge is 2.22. The van der Waals surface area contributed by atoms with Gasteiger partial charge in [0.1, 0.15) is 0 Å². The molecule has 164 valence electrons. The van der Waals surface area contributed by atoms with Crippen LogP contribution in [0.25, 0.3) is 0 Å². The van der Waals surface area contributed by atoms with Crippen LogP contribution in [0.3, 0.4) is 0 Å². The second-order valence-corrected chi connectivity index (χ2v) is 13.5. The average molecular weight is 477 g/mol. The summed E-state index contributed by atoms with van der Waals surface area (Å²) in [6.07, 6.45) is 2.66. The molecule has 1 heterocycles. The van der Waals surface area contributed by atoms with Gasteiger partial charge in [-0.1, -0.05) is 35.4 Å². The predicted molar refractivity (Wildman–Crippen MR) is 144 cm³/mol. The standard InChI is InChI=1S/C26H36S4/c1-17-11-19(3)25(20(4)12-17)27-9-7-23-15-30-24(16-29-23)8-10-28-26-21(5)13-18(2)14-22(26)6/h11-14,23-24H,7-10,15-16H2,1-6H3. The summed E-state index contributed by atoms with van der Waals surface area (Å²) in [7, 11) is 0. The van der Waals surface area contributed by atoms with Gasteiger partial charge in [0.15, 0.2) is 0 Å². The fourth-order valence-electron chi connectivity index (χ4n) is 4.29.